The van der Waals surface area contributed by atoms with Crippen molar-refractivity contribution >= 4 is 11.8 Å². The summed E-state index contributed by atoms with van der Waals surface area (Å²) in [6.07, 6.45) is 8.51. The van der Waals surface area contributed by atoms with Gasteiger partial charge in [0, 0.05) is 11.8 Å². The molecule has 2 unspecified atom stereocenters. The lowest BCUT2D eigenvalue weighted by atomic mass is 9.53. The molecule has 0 aliphatic heterocycles. The van der Waals surface area contributed by atoms with Gasteiger partial charge in [0.05, 0.1) is 0 Å². The van der Waals surface area contributed by atoms with E-state index in [0.717, 1.165) is 32.1 Å². The third kappa shape index (κ3) is 1.79. The van der Waals surface area contributed by atoms with Crippen LogP contribution in [0, 0.1) is 28.6 Å². The van der Waals surface area contributed by atoms with Gasteiger partial charge in [-0.3, -0.25) is 9.59 Å². The van der Waals surface area contributed by atoms with E-state index >= 15 is 0 Å². The van der Waals surface area contributed by atoms with Crippen LogP contribution in [0.15, 0.2) is 12.2 Å². The number of carbonyl (C=O) groups is 2. The van der Waals surface area contributed by atoms with Gasteiger partial charge in [0.1, 0.15) is 16.8 Å². The third-order valence-corrected chi connectivity index (χ3v) is 6.33. The lowest BCUT2D eigenvalue weighted by Crippen LogP contribution is -2.57. The van der Waals surface area contributed by atoms with Gasteiger partial charge in [-0.1, -0.05) is 32.9 Å². The van der Waals surface area contributed by atoms with Gasteiger partial charge >= 0.3 is 5.97 Å². The van der Waals surface area contributed by atoms with Gasteiger partial charge < -0.3 is 4.74 Å². The van der Waals surface area contributed by atoms with Crippen LogP contribution < -0.4 is 0 Å². The second-order valence-corrected chi connectivity index (χ2v) is 8.77. The summed E-state index contributed by atoms with van der Waals surface area (Å²) in [4.78, 5) is 25.0. The smallest absolute Gasteiger partial charge is 0.320 e. The van der Waals surface area contributed by atoms with Crippen LogP contribution in [0.1, 0.15) is 52.9 Å². The number of hydrogen-bond acceptors (Lipinski definition) is 3. The molecule has 0 N–H and O–H groups in total. The molecule has 0 amide bonds. The Morgan fingerprint density at radius 2 is 1.71 bits per heavy atom. The number of Topliss-reactive ketones (excluding diaryl/α,β-unsaturated/α-hetero) is 1. The van der Waals surface area contributed by atoms with Gasteiger partial charge in [-0.05, 0) is 43.4 Å². The Morgan fingerprint density at radius 3 is 2.19 bits per heavy atom. The van der Waals surface area contributed by atoms with Gasteiger partial charge in [-0.15, -0.1) is 0 Å². The zero-order valence-corrected chi connectivity index (χ0v) is 13.1. The molecule has 3 nitrogen and oxygen atoms in total. The molecule has 3 heteroatoms. The van der Waals surface area contributed by atoms with Crippen molar-refractivity contribution < 1.29 is 14.3 Å². The predicted octanol–water partition coefficient (Wildman–Crippen LogP) is 3.28. The maximum atomic E-state index is 12.8. The average Bonchev–Trinajstić information content (AvgIpc) is 3.14. The van der Waals surface area contributed by atoms with Crippen LogP contribution in [0.25, 0.3) is 0 Å². The summed E-state index contributed by atoms with van der Waals surface area (Å²) >= 11 is 0. The van der Waals surface area contributed by atoms with Crippen LogP contribution in [0.5, 0.6) is 0 Å². The fraction of sp³-hybridized carbons (Fsp3) is 0.778. The summed E-state index contributed by atoms with van der Waals surface area (Å²) in [5.41, 5.74) is -0.994. The number of ketones is 1. The van der Waals surface area contributed by atoms with E-state index in [1.165, 1.54) is 0 Å². The van der Waals surface area contributed by atoms with Gasteiger partial charge in [0.15, 0.2) is 0 Å². The molecule has 4 bridgehead atoms. The van der Waals surface area contributed by atoms with Crippen molar-refractivity contribution in [2.45, 2.75) is 58.5 Å². The summed E-state index contributed by atoms with van der Waals surface area (Å²) in [6.45, 7) is 6.24. The molecular formula is C18H24O3. The molecular weight excluding hydrogens is 264 g/mol. The molecule has 5 aliphatic rings. The van der Waals surface area contributed by atoms with Crippen molar-refractivity contribution in [3.63, 3.8) is 0 Å². The Morgan fingerprint density at radius 1 is 1.14 bits per heavy atom. The number of rotatable bonds is 2. The molecule has 0 saturated heterocycles. The Balaban J connectivity index is 1.56. The molecule has 0 aromatic rings. The van der Waals surface area contributed by atoms with Gasteiger partial charge in [0.25, 0.3) is 0 Å². The van der Waals surface area contributed by atoms with Crippen molar-refractivity contribution in [1.29, 1.82) is 0 Å². The molecule has 0 aromatic carbocycles. The lowest BCUT2D eigenvalue weighted by molar-refractivity contribution is -0.196. The summed E-state index contributed by atoms with van der Waals surface area (Å²) in [5, 5.41) is 0. The second-order valence-electron chi connectivity index (χ2n) is 8.77. The minimum Gasteiger partial charge on any atom is -0.458 e. The molecule has 114 valence electrons. The quantitative estimate of drug-likeness (QED) is 0.578. The first-order chi connectivity index (χ1) is 9.75. The number of esters is 1. The average molecular weight is 288 g/mol. The van der Waals surface area contributed by atoms with Crippen LogP contribution in [0.3, 0.4) is 0 Å². The van der Waals surface area contributed by atoms with E-state index < -0.39 is 5.41 Å². The maximum absolute atomic E-state index is 12.8. The van der Waals surface area contributed by atoms with E-state index in [0.29, 0.717) is 11.7 Å². The van der Waals surface area contributed by atoms with E-state index in [2.05, 4.69) is 20.8 Å². The van der Waals surface area contributed by atoms with Crippen LogP contribution in [-0.4, -0.2) is 17.4 Å². The molecule has 0 radical (unpaired) electrons. The van der Waals surface area contributed by atoms with E-state index in [-0.39, 0.29) is 28.8 Å². The van der Waals surface area contributed by atoms with Crippen molar-refractivity contribution in [2.75, 3.05) is 0 Å². The van der Waals surface area contributed by atoms with Gasteiger partial charge in [0.2, 0.25) is 0 Å². The lowest BCUT2D eigenvalue weighted by Gasteiger charge is -2.55. The molecule has 4 saturated carbocycles. The Bertz CT molecular complexity index is 527. The maximum Gasteiger partial charge on any atom is 0.320 e. The molecule has 21 heavy (non-hydrogen) atoms. The fourth-order valence-electron chi connectivity index (χ4n) is 5.11. The highest BCUT2D eigenvalue weighted by molar-refractivity contribution is 5.89. The number of hydrogen-bond donors (Lipinski definition) is 0. The Labute approximate surface area is 126 Å². The Kier molecular flexibility index (Phi) is 2.45. The first kappa shape index (κ1) is 13.5. The van der Waals surface area contributed by atoms with Crippen molar-refractivity contribution in [3.05, 3.63) is 12.2 Å². The first-order valence-corrected chi connectivity index (χ1v) is 8.22. The van der Waals surface area contributed by atoms with Crippen molar-refractivity contribution in [2.24, 2.45) is 28.6 Å². The molecule has 5 aliphatic carbocycles. The van der Waals surface area contributed by atoms with Crippen LogP contribution in [-0.2, 0) is 14.3 Å². The molecule has 0 spiro atoms. The Hall–Kier alpha value is -1.12. The molecule has 0 aromatic heterocycles. The monoisotopic (exact) mass is 288 g/mol. The number of ether oxygens (including phenoxy) is 1. The van der Waals surface area contributed by atoms with Crippen molar-refractivity contribution in [3.8, 4) is 0 Å². The minimum absolute atomic E-state index is 0.0931. The fourth-order valence-corrected chi connectivity index (χ4v) is 5.11. The van der Waals surface area contributed by atoms with Gasteiger partial charge in [-0.2, -0.15) is 0 Å². The largest absolute Gasteiger partial charge is 0.458 e. The number of carbonyl (C=O) groups excluding carboxylic acids is 2. The van der Waals surface area contributed by atoms with E-state index in [4.69, 9.17) is 4.74 Å². The predicted molar refractivity (Wildman–Crippen MR) is 78.4 cm³/mol. The highest BCUT2D eigenvalue weighted by Crippen LogP contribution is 2.58. The third-order valence-electron chi connectivity index (χ3n) is 6.33. The summed E-state index contributed by atoms with van der Waals surface area (Å²) < 4.78 is 6.10. The van der Waals surface area contributed by atoms with E-state index in [1.54, 1.807) is 0 Å². The highest BCUT2D eigenvalue weighted by atomic mass is 16.6. The molecule has 5 rings (SSSR count). The topological polar surface area (TPSA) is 43.4 Å². The molecule has 4 fully saturated rings. The van der Waals surface area contributed by atoms with Crippen molar-refractivity contribution in [1.82, 2.24) is 0 Å². The van der Waals surface area contributed by atoms with Crippen LogP contribution in [0.4, 0.5) is 0 Å². The second kappa shape index (κ2) is 3.80. The summed E-state index contributed by atoms with van der Waals surface area (Å²) in [5.74, 6) is 1.24. The van der Waals surface area contributed by atoms with E-state index in [1.807, 2.05) is 12.2 Å². The van der Waals surface area contributed by atoms with Crippen LogP contribution in [0.2, 0.25) is 0 Å². The van der Waals surface area contributed by atoms with E-state index in [9.17, 15) is 9.59 Å². The normalized spacial score (nSPS) is 42.2. The minimum atomic E-state index is -0.514. The zero-order valence-electron chi connectivity index (χ0n) is 13.1. The molecule has 0 heterocycles. The first-order valence-electron chi connectivity index (χ1n) is 8.22. The van der Waals surface area contributed by atoms with Crippen LogP contribution >= 0.6 is 0 Å². The molecule has 2 atom stereocenters. The standard InChI is InChI=1S/C18H24O3/c1-16(2,3)18(4-5-18)15(20)21-17-8-11-6-12(9-17)14(19)13(7-11)10-17/h4-5,11-13H,6-10H2,1-3H3. The van der Waals surface area contributed by atoms with Gasteiger partial charge in [-0.25, -0.2) is 0 Å². The summed E-state index contributed by atoms with van der Waals surface area (Å²) in [6, 6.07) is 0. The zero-order chi connectivity index (χ0) is 15.0. The summed E-state index contributed by atoms with van der Waals surface area (Å²) in [7, 11) is 0. The highest BCUT2D eigenvalue weighted by Gasteiger charge is 2.60. The SMILES string of the molecule is CC(C)(C)C1(C(=O)OC23CC4CC(C2)C(=O)C(C4)C3)C=C1.